The maximum absolute atomic E-state index is 2.46. The van der Waals surface area contributed by atoms with Crippen LogP contribution in [-0.4, -0.2) is 0 Å². The quantitative estimate of drug-likeness (QED) is 0.144. The normalized spacial score (nSPS) is 15.3. The van der Waals surface area contributed by atoms with Gasteiger partial charge in [-0.1, -0.05) is 211 Å². The Kier molecular flexibility index (Phi) is 9.19. The van der Waals surface area contributed by atoms with Crippen LogP contribution in [-0.2, 0) is 16.2 Å². The molecule has 0 amide bonds. The molecule has 0 bridgehead atoms. The molecule has 0 unspecified atom stereocenters. The summed E-state index contributed by atoms with van der Waals surface area (Å²) in [7, 11) is 0. The maximum Gasteiger partial charge on any atom is 0.0540 e. The van der Waals surface area contributed by atoms with E-state index in [9.17, 15) is 0 Å². The lowest BCUT2D eigenvalue weighted by atomic mass is 9.81. The number of fused-ring (bicyclic) bond motifs is 10. The first-order chi connectivity index (χ1) is 32.4. The molecule has 0 saturated carbocycles. The van der Waals surface area contributed by atoms with Gasteiger partial charge in [0.25, 0.3) is 0 Å². The van der Waals surface area contributed by atoms with Gasteiger partial charge < -0.3 is 4.90 Å². The Hall–Kier alpha value is -7.48. The number of hydrogen-bond donors (Lipinski definition) is 0. The van der Waals surface area contributed by atoms with Crippen LogP contribution >= 0.6 is 0 Å². The van der Waals surface area contributed by atoms with E-state index in [-0.39, 0.29) is 16.2 Å². The van der Waals surface area contributed by atoms with E-state index in [0.717, 1.165) is 11.4 Å². The number of rotatable bonds is 7. The second kappa shape index (κ2) is 15.0. The monoisotopic (exact) mass is 861 g/mol. The van der Waals surface area contributed by atoms with E-state index < -0.39 is 0 Å². The smallest absolute Gasteiger partial charge is 0.0540 e. The highest BCUT2D eigenvalue weighted by atomic mass is 15.1. The van der Waals surface area contributed by atoms with Crippen molar-refractivity contribution < 1.29 is 0 Å². The summed E-state index contributed by atoms with van der Waals surface area (Å²) in [6.45, 7) is 16.3. The van der Waals surface area contributed by atoms with Crippen molar-refractivity contribution in [1.82, 2.24) is 0 Å². The van der Waals surface area contributed by atoms with Gasteiger partial charge >= 0.3 is 0 Å². The van der Waals surface area contributed by atoms with Crippen LogP contribution in [0.5, 0.6) is 0 Å². The molecule has 0 N–H and O–H groups in total. The van der Waals surface area contributed by atoms with E-state index in [4.69, 9.17) is 0 Å². The fraction of sp³-hybridized carbons (Fsp3) is 0.152. The maximum atomic E-state index is 2.46. The summed E-state index contributed by atoms with van der Waals surface area (Å²) in [4.78, 5) is 2.46. The Morgan fingerprint density at radius 2 is 0.791 bits per heavy atom. The number of anilines is 3. The van der Waals surface area contributed by atoms with Gasteiger partial charge in [0.2, 0.25) is 0 Å². The van der Waals surface area contributed by atoms with Crippen molar-refractivity contribution in [2.24, 2.45) is 0 Å². The minimum absolute atomic E-state index is 0.0438. The molecule has 0 saturated heterocycles. The molecule has 0 aromatic heterocycles. The molecule has 1 heteroatoms. The van der Waals surface area contributed by atoms with E-state index in [1.54, 1.807) is 0 Å². The van der Waals surface area contributed by atoms with Crippen molar-refractivity contribution in [3.8, 4) is 44.5 Å². The molecular formula is C66H55N. The molecule has 0 heterocycles. The van der Waals surface area contributed by atoms with Crippen LogP contribution in [0.3, 0.4) is 0 Å². The van der Waals surface area contributed by atoms with Crippen LogP contribution < -0.4 is 4.90 Å². The van der Waals surface area contributed by atoms with Crippen molar-refractivity contribution in [2.45, 2.75) is 64.7 Å². The van der Waals surface area contributed by atoms with E-state index in [2.05, 4.69) is 260 Å². The topological polar surface area (TPSA) is 3.24 Å². The van der Waals surface area contributed by atoms with Crippen LogP contribution in [0.2, 0.25) is 0 Å². The van der Waals surface area contributed by atoms with Gasteiger partial charge in [-0.05, 0) is 143 Å². The average molecular weight is 862 g/mol. The van der Waals surface area contributed by atoms with Crippen LogP contribution in [0.25, 0.3) is 73.5 Å². The summed E-state index contributed by atoms with van der Waals surface area (Å²) in [5.41, 5.74) is 25.7. The van der Waals surface area contributed by atoms with E-state index in [1.165, 1.54) is 111 Å². The van der Waals surface area contributed by atoms with Crippen LogP contribution in [0.15, 0.2) is 188 Å². The zero-order valence-corrected chi connectivity index (χ0v) is 39.6. The molecule has 0 aliphatic heterocycles. The van der Waals surface area contributed by atoms with Crippen molar-refractivity contribution in [3.05, 3.63) is 238 Å². The molecular weight excluding hydrogens is 807 g/mol. The Labute approximate surface area is 396 Å². The van der Waals surface area contributed by atoms with E-state index in [0.29, 0.717) is 0 Å². The Morgan fingerprint density at radius 1 is 0.343 bits per heavy atom. The first-order valence-corrected chi connectivity index (χ1v) is 23.9. The van der Waals surface area contributed by atoms with Gasteiger partial charge in [0.1, 0.15) is 0 Å². The SMILES string of the molecule is C/C=C/c1ccc2c(c1)C(C)(C)c1cc(/C=C/c3ccc4c(c3)C(C)(C)c3cc(N(c5ccc(-c6ccc7c(c6)C(C)(C)c6ccccc6-7)cc5)c5cccc6ccccc56)ccc3-4)ccc1-2. The summed E-state index contributed by atoms with van der Waals surface area (Å²) in [5, 5.41) is 2.45. The fourth-order valence-corrected chi connectivity index (χ4v) is 11.9. The first kappa shape index (κ1) is 41.0. The highest BCUT2D eigenvalue weighted by Crippen LogP contribution is 2.53. The molecule has 67 heavy (non-hydrogen) atoms. The highest BCUT2D eigenvalue weighted by Gasteiger charge is 2.38. The summed E-state index contributed by atoms with van der Waals surface area (Å²) in [6.07, 6.45) is 8.89. The van der Waals surface area contributed by atoms with Gasteiger partial charge in [0.15, 0.2) is 0 Å². The number of allylic oxidation sites excluding steroid dienone is 1. The standard InChI is InChI=1S/C66H55N/c1-8-14-42-23-32-52-53-33-24-43(38-59(53)65(4,5)58(52)37-42)21-22-44-25-34-54-56-36-31-49(41-62(56)66(6,7)60(54)39-44)67(63-20-13-16-46-15-9-10-17-50(46)63)48-29-26-45(27-30-48)47-28-35-55-51-18-11-12-19-57(51)64(2,3)61(55)40-47/h8-41H,1-7H3/b14-8+,22-21+. The second-order valence-electron chi connectivity index (χ2n) is 20.5. The van der Waals surface area contributed by atoms with E-state index in [1.807, 2.05) is 0 Å². The predicted molar refractivity (Wildman–Crippen MR) is 287 cm³/mol. The first-order valence-electron chi connectivity index (χ1n) is 23.9. The molecule has 0 radical (unpaired) electrons. The molecule has 9 aromatic carbocycles. The molecule has 0 fully saturated rings. The molecule has 3 aliphatic rings. The third-order valence-electron chi connectivity index (χ3n) is 15.5. The summed E-state index contributed by atoms with van der Waals surface area (Å²) in [6, 6.07) is 68.6. The molecule has 0 spiro atoms. The Bertz CT molecular complexity index is 3550. The Balaban J connectivity index is 0.876. The minimum Gasteiger partial charge on any atom is -0.310 e. The predicted octanol–water partition coefficient (Wildman–Crippen LogP) is 18.1. The number of hydrogen-bond acceptors (Lipinski definition) is 1. The van der Waals surface area contributed by atoms with Gasteiger partial charge in [0.05, 0.1) is 5.69 Å². The minimum atomic E-state index is -0.199. The van der Waals surface area contributed by atoms with Crippen molar-refractivity contribution in [2.75, 3.05) is 4.90 Å². The molecule has 324 valence electrons. The highest BCUT2D eigenvalue weighted by molar-refractivity contribution is 6.00. The molecule has 0 atom stereocenters. The van der Waals surface area contributed by atoms with E-state index >= 15 is 0 Å². The summed E-state index contributed by atoms with van der Waals surface area (Å²) in [5.74, 6) is 0. The zero-order chi connectivity index (χ0) is 45.8. The average Bonchev–Trinajstić information content (AvgIpc) is 3.82. The lowest BCUT2D eigenvalue weighted by Gasteiger charge is -2.29. The molecule has 3 aliphatic carbocycles. The third kappa shape index (κ3) is 6.35. The van der Waals surface area contributed by atoms with Gasteiger partial charge in [-0.15, -0.1) is 0 Å². The lowest BCUT2D eigenvalue weighted by Crippen LogP contribution is -2.17. The fourth-order valence-electron chi connectivity index (χ4n) is 11.9. The van der Waals surface area contributed by atoms with Crippen LogP contribution in [0.4, 0.5) is 17.1 Å². The number of nitrogens with zero attached hydrogens (tertiary/aromatic N) is 1. The van der Waals surface area contributed by atoms with Crippen LogP contribution in [0, 0.1) is 0 Å². The van der Waals surface area contributed by atoms with Gasteiger partial charge in [-0.2, -0.15) is 0 Å². The molecule has 1 nitrogen and oxygen atoms in total. The molecule has 12 rings (SSSR count). The van der Waals surface area contributed by atoms with Crippen molar-refractivity contribution in [3.63, 3.8) is 0 Å². The second-order valence-corrected chi connectivity index (χ2v) is 20.5. The lowest BCUT2D eigenvalue weighted by molar-refractivity contribution is 0.660. The van der Waals surface area contributed by atoms with Gasteiger partial charge in [-0.3, -0.25) is 0 Å². The Morgan fingerprint density at radius 3 is 1.42 bits per heavy atom. The van der Waals surface area contributed by atoms with Gasteiger partial charge in [-0.25, -0.2) is 0 Å². The van der Waals surface area contributed by atoms with Crippen molar-refractivity contribution in [1.29, 1.82) is 0 Å². The van der Waals surface area contributed by atoms with Crippen LogP contribution in [0.1, 0.15) is 98.5 Å². The summed E-state index contributed by atoms with van der Waals surface area (Å²) >= 11 is 0. The summed E-state index contributed by atoms with van der Waals surface area (Å²) < 4.78 is 0. The van der Waals surface area contributed by atoms with Gasteiger partial charge in [0, 0.05) is 33.0 Å². The number of benzene rings is 9. The largest absolute Gasteiger partial charge is 0.310 e. The molecule has 9 aromatic rings. The third-order valence-corrected chi connectivity index (χ3v) is 15.5. The van der Waals surface area contributed by atoms with Crippen molar-refractivity contribution >= 4 is 46.1 Å². The zero-order valence-electron chi connectivity index (χ0n) is 39.6.